The molecule has 0 amide bonds. The van der Waals surface area contributed by atoms with E-state index in [0.29, 0.717) is 13.0 Å². The number of nitriles is 1. The van der Waals surface area contributed by atoms with E-state index >= 15 is 0 Å². The van der Waals surface area contributed by atoms with Crippen molar-refractivity contribution in [3.8, 4) is 11.8 Å². The van der Waals surface area contributed by atoms with Gasteiger partial charge in [0.1, 0.15) is 5.75 Å². The van der Waals surface area contributed by atoms with Crippen LogP contribution in [0.4, 0.5) is 0 Å². The average Bonchev–Trinajstić information content (AvgIpc) is 2.38. The SMILES string of the molecule is CCNCc1nc(C)ccc1OCCCCC#N. The standard InChI is InChI=1S/C14H21N3O/c1-3-16-11-13-14(8-7-12(2)17-13)18-10-6-4-5-9-15/h7-8,16H,3-6,10-11H2,1-2H3. The molecule has 0 fully saturated rings. The molecule has 4 nitrogen and oxygen atoms in total. The van der Waals surface area contributed by atoms with Crippen LogP contribution >= 0.6 is 0 Å². The van der Waals surface area contributed by atoms with Gasteiger partial charge in [0.2, 0.25) is 0 Å². The molecule has 1 heterocycles. The number of aryl methyl sites for hydroxylation is 1. The Labute approximate surface area is 109 Å². The van der Waals surface area contributed by atoms with Crippen LogP contribution in [-0.2, 0) is 6.54 Å². The lowest BCUT2D eigenvalue weighted by atomic mass is 10.2. The molecule has 0 aliphatic carbocycles. The first-order valence-corrected chi connectivity index (χ1v) is 6.45. The minimum Gasteiger partial charge on any atom is -0.492 e. The van der Waals surface area contributed by atoms with Crippen molar-refractivity contribution in [3.63, 3.8) is 0 Å². The monoisotopic (exact) mass is 247 g/mol. The summed E-state index contributed by atoms with van der Waals surface area (Å²) in [6.45, 7) is 6.33. The largest absolute Gasteiger partial charge is 0.492 e. The Morgan fingerprint density at radius 1 is 1.39 bits per heavy atom. The maximum atomic E-state index is 8.45. The van der Waals surface area contributed by atoms with Crippen LogP contribution in [0.5, 0.6) is 5.75 Å². The van der Waals surface area contributed by atoms with Crippen molar-refractivity contribution in [1.29, 1.82) is 5.26 Å². The summed E-state index contributed by atoms with van der Waals surface area (Å²) in [6, 6.07) is 6.07. The van der Waals surface area contributed by atoms with Gasteiger partial charge in [-0.2, -0.15) is 5.26 Å². The van der Waals surface area contributed by atoms with Crippen LogP contribution in [0.15, 0.2) is 12.1 Å². The van der Waals surface area contributed by atoms with Crippen molar-refractivity contribution in [2.24, 2.45) is 0 Å². The van der Waals surface area contributed by atoms with Gasteiger partial charge in [0.25, 0.3) is 0 Å². The number of unbranched alkanes of at least 4 members (excludes halogenated alkanes) is 2. The van der Waals surface area contributed by atoms with Gasteiger partial charge in [-0.15, -0.1) is 0 Å². The van der Waals surface area contributed by atoms with Gasteiger partial charge in [-0.3, -0.25) is 4.98 Å². The van der Waals surface area contributed by atoms with E-state index in [4.69, 9.17) is 10.00 Å². The van der Waals surface area contributed by atoms with E-state index in [1.807, 2.05) is 19.1 Å². The number of aromatic nitrogens is 1. The predicted octanol–water partition coefficient (Wildman–Crippen LogP) is 2.57. The maximum Gasteiger partial charge on any atom is 0.142 e. The molecule has 98 valence electrons. The lowest BCUT2D eigenvalue weighted by molar-refractivity contribution is 0.302. The zero-order valence-corrected chi connectivity index (χ0v) is 11.2. The second-order valence-corrected chi connectivity index (χ2v) is 4.14. The first kappa shape index (κ1) is 14.5. The van der Waals surface area contributed by atoms with Crippen molar-refractivity contribution in [1.82, 2.24) is 10.3 Å². The van der Waals surface area contributed by atoms with E-state index < -0.39 is 0 Å². The van der Waals surface area contributed by atoms with Crippen LogP contribution in [0.25, 0.3) is 0 Å². The Balaban J connectivity index is 2.50. The van der Waals surface area contributed by atoms with Crippen molar-refractivity contribution < 1.29 is 4.74 Å². The fourth-order valence-corrected chi connectivity index (χ4v) is 1.59. The first-order valence-electron chi connectivity index (χ1n) is 6.45. The number of nitrogens with one attached hydrogen (secondary N) is 1. The topological polar surface area (TPSA) is 57.9 Å². The van der Waals surface area contributed by atoms with Gasteiger partial charge in [-0.05, 0) is 38.4 Å². The Kier molecular flexibility index (Phi) is 6.82. The summed E-state index contributed by atoms with van der Waals surface area (Å²) in [4.78, 5) is 4.49. The van der Waals surface area contributed by atoms with Crippen molar-refractivity contribution >= 4 is 0 Å². The molecule has 0 atom stereocenters. The molecule has 0 bridgehead atoms. The Morgan fingerprint density at radius 3 is 2.94 bits per heavy atom. The number of hydrogen-bond acceptors (Lipinski definition) is 4. The minimum absolute atomic E-state index is 0.597. The molecule has 1 aromatic rings. The number of pyridine rings is 1. The molecule has 0 unspecified atom stereocenters. The highest BCUT2D eigenvalue weighted by atomic mass is 16.5. The molecular weight excluding hydrogens is 226 g/mol. The number of ether oxygens (including phenoxy) is 1. The van der Waals surface area contributed by atoms with Crippen molar-refractivity contribution in [3.05, 3.63) is 23.5 Å². The minimum atomic E-state index is 0.597. The van der Waals surface area contributed by atoms with E-state index in [1.54, 1.807) is 0 Å². The Hall–Kier alpha value is -1.60. The zero-order valence-electron chi connectivity index (χ0n) is 11.2. The first-order chi connectivity index (χ1) is 8.77. The fourth-order valence-electron chi connectivity index (χ4n) is 1.59. The van der Waals surface area contributed by atoms with Gasteiger partial charge in [-0.25, -0.2) is 0 Å². The summed E-state index contributed by atoms with van der Waals surface area (Å²) in [5.74, 6) is 0.846. The maximum absolute atomic E-state index is 8.45. The van der Waals surface area contributed by atoms with Crippen LogP contribution < -0.4 is 10.1 Å². The molecule has 18 heavy (non-hydrogen) atoms. The third kappa shape index (κ3) is 5.15. The highest BCUT2D eigenvalue weighted by Gasteiger charge is 2.05. The summed E-state index contributed by atoms with van der Waals surface area (Å²) < 4.78 is 5.72. The van der Waals surface area contributed by atoms with Crippen molar-refractivity contribution in [2.75, 3.05) is 13.2 Å². The molecule has 0 spiro atoms. The Morgan fingerprint density at radius 2 is 2.22 bits per heavy atom. The van der Waals surface area contributed by atoms with Crippen LogP contribution in [0.3, 0.4) is 0 Å². The van der Waals surface area contributed by atoms with Crippen LogP contribution in [-0.4, -0.2) is 18.1 Å². The third-order valence-electron chi connectivity index (χ3n) is 2.55. The van der Waals surface area contributed by atoms with E-state index in [2.05, 4.69) is 23.3 Å². The second kappa shape index (κ2) is 8.48. The fraction of sp³-hybridized carbons (Fsp3) is 0.571. The smallest absolute Gasteiger partial charge is 0.142 e. The van der Waals surface area contributed by atoms with Gasteiger partial charge in [0, 0.05) is 18.7 Å². The summed E-state index contributed by atoms with van der Waals surface area (Å²) in [5.41, 5.74) is 1.96. The number of hydrogen-bond donors (Lipinski definition) is 1. The van der Waals surface area contributed by atoms with Gasteiger partial charge in [0.15, 0.2) is 0 Å². The van der Waals surface area contributed by atoms with E-state index in [-0.39, 0.29) is 0 Å². The van der Waals surface area contributed by atoms with Crippen LogP contribution in [0.1, 0.15) is 37.6 Å². The quantitative estimate of drug-likeness (QED) is 0.717. The molecule has 0 aliphatic rings. The predicted molar refractivity (Wildman–Crippen MR) is 71.3 cm³/mol. The molecule has 1 aromatic heterocycles. The van der Waals surface area contributed by atoms with Gasteiger partial charge in [-0.1, -0.05) is 6.92 Å². The summed E-state index contributed by atoms with van der Waals surface area (Å²) in [5, 5.41) is 11.7. The highest BCUT2D eigenvalue weighted by molar-refractivity contribution is 5.29. The normalized spacial score (nSPS) is 10.1. The summed E-state index contributed by atoms with van der Waals surface area (Å²) >= 11 is 0. The van der Waals surface area contributed by atoms with E-state index in [0.717, 1.165) is 43.1 Å². The average molecular weight is 247 g/mol. The lowest BCUT2D eigenvalue weighted by Crippen LogP contribution is -2.14. The molecule has 1 rings (SSSR count). The number of rotatable bonds is 8. The molecule has 1 N–H and O–H groups in total. The summed E-state index contributed by atoms with van der Waals surface area (Å²) in [7, 11) is 0. The van der Waals surface area contributed by atoms with Gasteiger partial charge < -0.3 is 10.1 Å². The zero-order chi connectivity index (χ0) is 13.2. The molecular formula is C14H21N3O. The van der Waals surface area contributed by atoms with E-state index in [1.165, 1.54) is 0 Å². The lowest BCUT2D eigenvalue weighted by Gasteiger charge is -2.11. The third-order valence-corrected chi connectivity index (χ3v) is 2.55. The van der Waals surface area contributed by atoms with E-state index in [9.17, 15) is 0 Å². The van der Waals surface area contributed by atoms with Gasteiger partial charge >= 0.3 is 0 Å². The molecule has 0 saturated carbocycles. The molecule has 0 aromatic carbocycles. The highest BCUT2D eigenvalue weighted by Crippen LogP contribution is 2.17. The van der Waals surface area contributed by atoms with Gasteiger partial charge in [0.05, 0.1) is 18.4 Å². The molecule has 0 aliphatic heterocycles. The van der Waals surface area contributed by atoms with Crippen LogP contribution in [0.2, 0.25) is 0 Å². The number of nitrogens with zero attached hydrogens (tertiary/aromatic N) is 2. The molecule has 0 saturated heterocycles. The van der Waals surface area contributed by atoms with Crippen LogP contribution in [0, 0.1) is 18.3 Å². The Bertz CT molecular complexity index is 399. The molecule has 4 heteroatoms. The van der Waals surface area contributed by atoms with Crippen molar-refractivity contribution in [2.45, 2.75) is 39.7 Å². The summed E-state index contributed by atoms with van der Waals surface area (Å²) in [6.07, 6.45) is 2.39. The molecule has 0 radical (unpaired) electrons. The second-order valence-electron chi connectivity index (χ2n) is 4.14.